The molecule has 1 N–H and O–H groups in total. The summed E-state index contributed by atoms with van der Waals surface area (Å²) in [6.07, 6.45) is 20.5. The van der Waals surface area contributed by atoms with Gasteiger partial charge in [0.05, 0.1) is 6.42 Å². The largest absolute Gasteiger partial charge is 0.481 e. The van der Waals surface area contributed by atoms with Gasteiger partial charge in [0.15, 0.2) is 0 Å². The van der Waals surface area contributed by atoms with Crippen LogP contribution in [0, 0.1) is 23.7 Å². The second-order valence-corrected chi connectivity index (χ2v) is 10.4. The molecule has 0 radical (unpaired) electrons. The standard InChI is InChI=1S/C26H37BrO2/c27-25-18-16-24(17-19-25)15-14-23-12-10-22(11-13-23)9-8-21-6-4-20(5-7-21)2-1-3-26(28)29/h1-2,16-23H,3-15H2,(H,28,29). The Hall–Kier alpha value is -1.09. The average molecular weight is 461 g/mol. The van der Waals surface area contributed by atoms with E-state index in [0.717, 1.165) is 17.8 Å². The molecular formula is C26H37BrO2. The summed E-state index contributed by atoms with van der Waals surface area (Å²) < 4.78 is 1.17. The quantitative estimate of drug-likeness (QED) is 0.381. The zero-order valence-electron chi connectivity index (χ0n) is 17.7. The summed E-state index contributed by atoms with van der Waals surface area (Å²) in [5.74, 6) is 2.70. The molecule has 0 bridgehead atoms. The minimum Gasteiger partial charge on any atom is -0.481 e. The molecule has 2 nitrogen and oxygen atoms in total. The van der Waals surface area contributed by atoms with Crippen LogP contribution in [0.4, 0.5) is 0 Å². The molecule has 0 unspecified atom stereocenters. The molecule has 1 aromatic rings. The highest BCUT2D eigenvalue weighted by atomic mass is 79.9. The van der Waals surface area contributed by atoms with Crippen LogP contribution in [-0.2, 0) is 11.2 Å². The maximum Gasteiger partial charge on any atom is 0.307 e. The van der Waals surface area contributed by atoms with E-state index in [4.69, 9.17) is 5.11 Å². The van der Waals surface area contributed by atoms with Gasteiger partial charge in [-0.05, 0) is 79.9 Å². The van der Waals surface area contributed by atoms with Gasteiger partial charge in [-0.15, -0.1) is 0 Å². The molecule has 2 aliphatic rings. The van der Waals surface area contributed by atoms with Crippen molar-refractivity contribution < 1.29 is 9.90 Å². The molecule has 0 heterocycles. The highest BCUT2D eigenvalue weighted by Crippen LogP contribution is 2.38. The Labute approximate surface area is 185 Å². The summed E-state index contributed by atoms with van der Waals surface area (Å²) in [5, 5.41) is 8.73. The summed E-state index contributed by atoms with van der Waals surface area (Å²) in [7, 11) is 0. The van der Waals surface area contributed by atoms with Crippen molar-refractivity contribution >= 4 is 21.9 Å². The van der Waals surface area contributed by atoms with Crippen molar-refractivity contribution in [1.82, 2.24) is 0 Å². The predicted octanol–water partition coefficient (Wildman–Crippen LogP) is 7.81. The van der Waals surface area contributed by atoms with Crippen molar-refractivity contribution in [2.24, 2.45) is 23.7 Å². The third-order valence-corrected chi connectivity index (χ3v) is 7.82. The fourth-order valence-corrected chi connectivity index (χ4v) is 5.60. The van der Waals surface area contributed by atoms with Crippen LogP contribution in [0.3, 0.4) is 0 Å². The molecule has 0 amide bonds. The molecule has 1 aromatic carbocycles. The van der Waals surface area contributed by atoms with Crippen LogP contribution in [0.15, 0.2) is 40.9 Å². The molecule has 0 atom stereocenters. The number of hydrogen-bond donors (Lipinski definition) is 1. The number of carboxylic acid groups (broad SMARTS) is 1. The summed E-state index contributed by atoms with van der Waals surface area (Å²) in [6.45, 7) is 0. The van der Waals surface area contributed by atoms with E-state index in [2.05, 4.69) is 46.3 Å². The SMILES string of the molecule is O=C(O)CC=CC1CCC(CCC2CCC(CCc3ccc(Br)cc3)CC2)CC1. The van der Waals surface area contributed by atoms with Crippen molar-refractivity contribution in [3.63, 3.8) is 0 Å². The molecule has 0 aliphatic heterocycles. The Kier molecular flexibility index (Phi) is 9.30. The average Bonchev–Trinajstić information content (AvgIpc) is 2.73. The van der Waals surface area contributed by atoms with Gasteiger partial charge in [-0.1, -0.05) is 78.7 Å². The van der Waals surface area contributed by atoms with Crippen LogP contribution in [-0.4, -0.2) is 11.1 Å². The number of allylic oxidation sites excluding steroid dienone is 1. The van der Waals surface area contributed by atoms with Gasteiger partial charge in [-0.25, -0.2) is 0 Å². The van der Waals surface area contributed by atoms with E-state index in [9.17, 15) is 4.79 Å². The third-order valence-electron chi connectivity index (χ3n) is 7.30. The minimum atomic E-state index is -0.724. The van der Waals surface area contributed by atoms with E-state index >= 15 is 0 Å². The predicted molar refractivity (Wildman–Crippen MR) is 124 cm³/mol. The van der Waals surface area contributed by atoms with Gasteiger partial charge in [-0.3, -0.25) is 4.79 Å². The van der Waals surface area contributed by atoms with Gasteiger partial charge in [0.25, 0.3) is 0 Å². The maximum absolute atomic E-state index is 10.6. The van der Waals surface area contributed by atoms with Crippen molar-refractivity contribution in [1.29, 1.82) is 0 Å². The first-order valence-electron chi connectivity index (χ1n) is 11.7. The number of carbonyl (C=O) groups is 1. The molecule has 0 saturated heterocycles. The molecule has 0 aromatic heterocycles. The lowest BCUT2D eigenvalue weighted by molar-refractivity contribution is -0.136. The first kappa shape index (κ1) is 22.6. The highest BCUT2D eigenvalue weighted by molar-refractivity contribution is 9.10. The smallest absolute Gasteiger partial charge is 0.307 e. The van der Waals surface area contributed by atoms with E-state index in [1.807, 2.05) is 6.08 Å². The summed E-state index contributed by atoms with van der Waals surface area (Å²) in [4.78, 5) is 10.6. The molecule has 3 rings (SSSR count). The number of halogens is 1. The lowest BCUT2D eigenvalue weighted by Crippen LogP contribution is -2.18. The highest BCUT2D eigenvalue weighted by Gasteiger charge is 2.24. The fourth-order valence-electron chi connectivity index (χ4n) is 5.33. The lowest BCUT2D eigenvalue weighted by Gasteiger charge is -2.31. The van der Waals surface area contributed by atoms with Crippen molar-refractivity contribution in [2.75, 3.05) is 0 Å². The molecule has 2 saturated carbocycles. The van der Waals surface area contributed by atoms with E-state index in [-0.39, 0.29) is 6.42 Å². The maximum atomic E-state index is 10.6. The van der Waals surface area contributed by atoms with Gasteiger partial charge >= 0.3 is 5.97 Å². The molecule has 0 spiro atoms. The molecule has 29 heavy (non-hydrogen) atoms. The topological polar surface area (TPSA) is 37.3 Å². The molecule has 3 heteroatoms. The van der Waals surface area contributed by atoms with Crippen LogP contribution in [0.2, 0.25) is 0 Å². The van der Waals surface area contributed by atoms with Crippen molar-refractivity contribution in [3.8, 4) is 0 Å². The Morgan fingerprint density at radius 3 is 1.93 bits per heavy atom. The van der Waals surface area contributed by atoms with Crippen molar-refractivity contribution in [2.45, 2.75) is 83.5 Å². The Morgan fingerprint density at radius 1 is 0.862 bits per heavy atom. The summed E-state index contributed by atoms with van der Waals surface area (Å²) in [6, 6.07) is 8.83. The summed E-state index contributed by atoms with van der Waals surface area (Å²) >= 11 is 3.52. The summed E-state index contributed by atoms with van der Waals surface area (Å²) in [5.41, 5.74) is 1.48. The van der Waals surface area contributed by atoms with E-state index in [0.29, 0.717) is 5.92 Å². The van der Waals surface area contributed by atoms with Crippen LogP contribution in [0.1, 0.15) is 82.6 Å². The van der Waals surface area contributed by atoms with Crippen LogP contribution in [0.5, 0.6) is 0 Å². The third kappa shape index (κ3) is 8.28. The van der Waals surface area contributed by atoms with E-state index in [1.54, 1.807) is 0 Å². The number of benzene rings is 1. The van der Waals surface area contributed by atoms with Gasteiger partial charge in [0.2, 0.25) is 0 Å². The first-order valence-corrected chi connectivity index (χ1v) is 12.5. The second kappa shape index (κ2) is 11.9. The van der Waals surface area contributed by atoms with E-state index in [1.165, 1.54) is 87.1 Å². The lowest BCUT2D eigenvalue weighted by atomic mass is 9.74. The molecule has 160 valence electrons. The Bertz CT molecular complexity index is 635. The fraction of sp³-hybridized carbons (Fsp3) is 0.654. The Morgan fingerprint density at radius 2 is 1.38 bits per heavy atom. The van der Waals surface area contributed by atoms with Crippen LogP contribution >= 0.6 is 15.9 Å². The zero-order chi connectivity index (χ0) is 20.5. The van der Waals surface area contributed by atoms with E-state index < -0.39 is 5.97 Å². The van der Waals surface area contributed by atoms with Crippen LogP contribution < -0.4 is 0 Å². The van der Waals surface area contributed by atoms with Gasteiger partial charge < -0.3 is 5.11 Å². The number of carboxylic acids is 1. The first-order chi connectivity index (χ1) is 14.1. The van der Waals surface area contributed by atoms with Gasteiger partial charge in [0, 0.05) is 4.47 Å². The number of aryl methyl sites for hydroxylation is 1. The second-order valence-electron chi connectivity index (χ2n) is 9.44. The number of aliphatic carboxylic acids is 1. The van der Waals surface area contributed by atoms with Crippen molar-refractivity contribution in [3.05, 3.63) is 46.5 Å². The molecule has 2 aliphatic carbocycles. The Balaban J connectivity index is 1.26. The molecule has 2 fully saturated rings. The number of rotatable bonds is 9. The molecular weight excluding hydrogens is 424 g/mol. The number of hydrogen-bond acceptors (Lipinski definition) is 1. The monoisotopic (exact) mass is 460 g/mol. The van der Waals surface area contributed by atoms with Gasteiger partial charge in [0.1, 0.15) is 0 Å². The normalized spacial score (nSPS) is 27.9. The minimum absolute atomic E-state index is 0.172. The zero-order valence-corrected chi connectivity index (χ0v) is 19.3. The van der Waals surface area contributed by atoms with Crippen LogP contribution in [0.25, 0.3) is 0 Å². The van der Waals surface area contributed by atoms with Gasteiger partial charge in [-0.2, -0.15) is 0 Å².